The molecule has 6 nitrogen and oxygen atoms in total. The van der Waals surface area contributed by atoms with Gasteiger partial charge in [-0.05, 0) is 13.8 Å². The molecule has 1 aromatic rings. The van der Waals surface area contributed by atoms with Gasteiger partial charge in [0.25, 0.3) is 0 Å². The van der Waals surface area contributed by atoms with Crippen LogP contribution in [0.3, 0.4) is 0 Å². The van der Waals surface area contributed by atoms with Crippen LogP contribution in [-0.4, -0.2) is 47.1 Å². The fourth-order valence-electron chi connectivity index (χ4n) is 2.75. The molecule has 2 aliphatic rings. The van der Waals surface area contributed by atoms with Crippen LogP contribution >= 0.6 is 0 Å². The summed E-state index contributed by atoms with van der Waals surface area (Å²) >= 11 is 0. The van der Waals surface area contributed by atoms with Gasteiger partial charge in [-0.25, -0.2) is 4.98 Å². The molecule has 0 bridgehead atoms. The molecule has 3 rings (SSSR count). The van der Waals surface area contributed by atoms with Crippen molar-refractivity contribution in [3.05, 3.63) is 18.1 Å². The summed E-state index contributed by atoms with van der Waals surface area (Å²) < 4.78 is 49.6. The van der Waals surface area contributed by atoms with Crippen molar-refractivity contribution in [1.29, 1.82) is 0 Å². The van der Waals surface area contributed by atoms with E-state index in [1.807, 2.05) is 13.8 Å². The van der Waals surface area contributed by atoms with Crippen molar-refractivity contribution >= 4 is 5.82 Å². The summed E-state index contributed by atoms with van der Waals surface area (Å²) in [6.45, 7) is 4.80. The van der Waals surface area contributed by atoms with Crippen LogP contribution in [0.25, 0.3) is 0 Å². The monoisotopic (exact) mass is 318 g/mol. The van der Waals surface area contributed by atoms with E-state index in [0.29, 0.717) is 19.3 Å². The van der Waals surface area contributed by atoms with Crippen molar-refractivity contribution in [3.8, 4) is 0 Å². The van der Waals surface area contributed by atoms with Crippen LogP contribution in [0.5, 0.6) is 0 Å². The maximum atomic E-state index is 12.7. The number of rotatable bonds is 2. The average Bonchev–Trinajstić information content (AvgIpc) is 2.73. The number of nitrogens with zero attached hydrogens (tertiary/aromatic N) is 2. The van der Waals surface area contributed by atoms with Gasteiger partial charge in [0.2, 0.25) is 0 Å². The van der Waals surface area contributed by atoms with Gasteiger partial charge in [0, 0.05) is 13.1 Å². The first-order valence-electron chi connectivity index (χ1n) is 6.97. The molecule has 2 N–H and O–H groups in total. The van der Waals surface area contributed by atoms with E-state index in [1.165, 1.54) is 6.20 Å². The number of aromatic nitrogens is 2. The number of anilines is 1. The first-order valence-corrected chi connectivity index (χ1v) is 6.97. The van der Waals surface area contributed by atoms with E-state index in [9.17, 15) is 13.2 Å². The number of ether oxygens (including phenoxy) is 2. The number of fused-ring (bicyclic) bond motifs is 1. The highest BCUT2D eigenvalue weighted by Crippen LogP contribution is 2.32. The van der Waals surface area contributed by atoms with Crippen molar-refractivity contribution in [2.45, 2.75) is 44.1 Å². The standard InChI is InChI=1S/C13H17F3N4O2/c1-12(2)21-8-4-17-3-7(11(8)22-12)19-10-6-18-5-9(20-10)13(14,15)16/h5-8,11,17H,3-4H2,1-2H3,(H,19,20)/t7-,8-,11+/m0/s1. The fraction of sp³-hybridized carbons (Fsp3) is 0.692. The summed E-state index contributed by atoms with van der Waals surface area (Å²) in [6.07, 6.45) is -2.97. The van der Waals surface area contributed by atoms with Crippen molar-refractivity contribution in [1.82, 2.24) is 15.3 Å². The maximum Gasteiger partial charge on any atom is 0.434 e. The Labute approximate surface area is 125 Å². The second kappa shape index (κ2) is 5.32. The lowest BCUT2D eigenvalue weighted by Crippen LogP contribution is -2.55. The van der Waals surface area contributed by atoms with E-state index in [1.54, 1.807) is 0 Å². The van der Waals surface area contributed by atoms with E-state index < -0.39 is 17.7 Å². The summed E-state index contributed by atoms with van der Waals surface area (Å²) in [6, 6.07) is -0.252. The molecule has 2 aliphatic heterocycles. The van der Waals surface area contributed by atoms with Crippen LogP contribution in [0.2, 0.25) is 0 Å². The lowest BCUT2D eigenvalue weighted by Gasteiger charge is -2.32. The molecule has 9 heteroatoms. The number of alkyl halides is 3. The Hall–Kier alpha value is -1.45. The van der Waals surface area contributed by atoms with Crippen LogP contribution in [0.4, 0.5) is 19.0 Å². The molecule has 0 amide bonds. The number of nitrogens with one attached hydrogen (secondary N) is 2. The Balaban J connectivity index is 1.75. The quantitative estimate of drug-likeness (QED) is 0.859. The Kier molecular flexibility index (Phi) is 3.74. The lowest BCUT2D eigenvalue weighted by molar-refractivity contribution is -0.145. The average molecular weight is 318 g/mol. The molecule has 0 aromatic carbocycles. The lowest BCUT2D eigenvalue weighted by atomic mass is 10.0. The summed E-state index contributed by atoms with van der Waals surface area (Å²) in [5.41, 5.74) is -1.03. The van der Waals surface area contributed by atoms with Gasteiger partial charge >= 0.3 is 6.18 Å². The zero-order chi connectivity index (χ0) is 16.0. The van der Waals surface area contributed by atoms with Crippen molar-refractivity contribution < 1.29 is 22.6 Å². The third-order valence-electron chi connectivity index (χ3n) is 3.59. The molecule has 0 unspecified atom stereocenters. The number of halogens is 3. The highest BCUT2D eigenvalue weighted by atomic mass is 19.4. The highest BCUT2D eigenvalue weighted by Gasteiger charge is 2.47. The Morgan fingerprint density at radius 2 is 2.05 bits per heavy atom. The zero-order valence-corrected chi connectivity index (χ0v) is 12.1. The second-order valence-corrected chi connectivity index (χ2v) is 5.83. The first kappa shape index (κ1) is 15.4. The van der Waals surface area contributed by atoms with Crippen LogP contribution < -0.4 is 10.6 Å². The van der Waals surface area contributed by atoms with Crippen molar-refractivity contribution in [3.63, 3.8) is 0 Å². The van der Waals surface area contributed by atoms with E-state index in [0.717, 1.165) is 0 Å². The van der Waals surface area contributed by atoms with Crippen molar-refractivity contribution in [2.75, 3.05) is 18.4 Å². The topological polar surface area (TPSA) is 68.3 Å². The predicted molar refractivity (Wildman–Crippen MR) is 71.1 cm³/mol. The molecule has 2 saturated heterocycles. The molecule has 1 aromatic heterocycles. The third-order valence-corrected chi connectivity index (χ3v) is 3.59. The van der Waals surface area contributed by atoms with Gasteiger partial charge in [-0.3, -0.25) is 4.98 Å². The fourth-order valence-corrected chi connectivity index (χ4v) is 2.75. The van der Waals surface area contributed by atoms with Gasteiger partial charge in [0.15, 0.2) is 11.5 Å². The van der Waals surface area contributed by atoms with Crippen LogP contribution in [0.1, 0.15) is 19.5 Å². The second-order valence-electron chi connectivity index (χ2n) is 5.83. The molecular weight excluding hydrogens is 301 g/mol. The van der Waals surface area contributed by atoms with E-state index in [2.05, 4.69) is 20.6 Å². The molecule has 0 saturated carbocycles. The molecule has 122 valence electrons. The van der Waals surface area contributed by atoms with E-state index in [-0.39, 0.29) is 24.1 Å². The number of hydrogen-bond acceptors (Lipinski definition) is 6. The normalized spacial score (nSPS) is 30.9. The molecule has 2 fully saturated rings. The molecule has 3 heterocycles. The van der Waals surface area contributed by atoms with Gasteiger partial charge in [-0.15, -0.1) is 0 Å². The first-order chi connectivity index (χ1) is 10.2. The molecular formula is C13H17F3N4O2. The summed E-state index contributed by atoms with van der Waals surface area (Å²) in [5.74, 6) is -0.642. The van der Waals surface area contributed by atoms with Crippen LogP contribution in [0, 0.1) is 0 Å². The molecule has 0 aliphatic carbocycles. The summed E-state index contributed by atoms with van der Waals surface area (Å²) in [4.78, 5) is 7.16. The molecule has 3 atom stereocenters. The van der Waals surface area contributed by atoms with Gasteiger partial charge in [0.05, 0.1) is 18.4 Å². The highest BCUT2D eigenvalue weighted by molar-refractivity contribution is 5.35. The molecule has 0 spiro atoms. The number of piperidine rings is 1. The number of hydrogen-bond donors (Lipinski definition) is 2. The zero-order valence-electron chi connectivity index (χ0n) is 12.1. The van der Waals surface area contributed by atoms with Gasteiger partial charge < -0.3 is 20.1 Å². The molecule has 0 radical (unpaired) electrons. The van der Waals surface area contributed by atoms with Crippen LogP contribution in [-0.2, 0) is 15.7 Å². The third kappa shape index (κ3) is 3.16. The van der Waals surface area contributed by atoms with Gasteiger partial charge in [0.1, 0.15) is 18.0 Å². The van der Waals surface area contributed by atoms with E-state index >= 15 is 0 Å². The maximum absolute atomic E-state index is 12.7. The largest absolute Gasteiger partial charge is 0.434 e. The Morgan fingerprint density at radius 3 is 2.77 bits per heavy atom. The minimum Gasteiger partial charge on any atom is -0.362 e. The minimum atomic E-state index is -4.52. The summed E-state index contributed by atoms with van der Waals surface area (Å²) in [7, 11) is 0. The summed E-state index contributed by atoms with van der Waals surface area (Å²) in [5, 5.41) is 6.13. The van der Waals surface area contributed by atoms with E-state index in [4.69, 9.17) is 9.47 Å². The minimum absolute atomic E-state index is 0.0654. The van der Waals surface area contributed by atoms with Crippen molar-refractivity contribution in [2.24, 2.45) is 0 Å². The van der Waals surface area contributed by atoms with Gasteiger partial charge in [-0.1, -0.05) is 0 Å². The Morgan fingerprint density at radius 1 is 1.27 bits per heavy atom. The van der Waals surface area contributed by atoms with Gasteiger partial charge in [-0.2, -0.15) is 13.2 Å². The smallest absolute Gasteiger partial charge is 0.362 e. The Bertz CT molecular complexity index is 552. The predicted octanol–water partition coefficient (Wildman–Crippen LogP) is 1.40. The van der Waals surface area contributed by atoms with Crippen LogP contribution in [0.15, 0.2) is 12.4 Å². The SMILES string of the molecule is CC1(C)O[C@@H]2[C@@H](Nc3cncc(C(F)(F)F)n3)CNC[C@@H]2O1. The molecule has 22 heavy (non-hydrogen) atoms.